The molecule has 0 unspecified atom stereocenters. The summed E-state index contributed by atoms with van der Waals surface area (Å²) >= 11 is 1.51. The average Bonchev–Trinajstić information content (AvgIpc) is 2.80. The zero-order valence-corrected chi connectivity index (χ0v) is 18.2. The molecule has 2 aromatic carbocycles. The molecule has 1 aliphatic rings. The Morgan fingerprint density at radius 1 is 0.967 bits per heavy atom. The van der Waals surface area contributed by atoms with Crippen LogP contribution in [-0.2, 0) is 6.54 Å². The maximum atomic E-state index is 9.98. The third-order valence-corrected chi connectivity index (χ3v) is 5.96. The molecule has 1 fully saturated rings. The zero-order valence-electron chi connectivity index (χ0n) is 17.4. The van der Waals surface area contributed by atoms with Crippen LogP contribution in [0, 0.1) is 18.3 Å². The molecule has 152 valence electrons. The van der Waals surface area contributed by atoms with E-state index in [0.29, 0.717) is 10.7 Å². The lowest BCUT2D eigenvalue weighted by Crippen LogP contribution is -2.46. The average molecular weight is 416 g/mol. The van der Waals surface area contributed by atoms with Crippen molar-refractivity contribution in [3.05, 3.63) is 71.3 Å². The van der Waals surface area contributed by atoms with E-state index in [4.69, 9.17) is 4.98 Å². The number of hydrogen-bond donors (Lipinski definition) is 0. The summed E-state index contributed by atoms with van der Waals surface area (Å²) in [6, 6.07) is 21.1. The third-order valence-electron chi connectivity index (χ3n) is 5.41. The summed E-state index contributed by atoms with van der Waals surface area (Å²) in [6.45, 7) is 6.59. The molecule has 6 heteroatoms. The van der Waals surface area contributed by atoms with Crippen molar-refractivity contribution in [2.45, 2.75) is 18.6 Å². The van der Waals surface area contributed by atoms with Gasteiger partial charge in [-0.15, -0.1) is 0 Å². The molecular weight excluding hydrogens is 390 g/mol. The molecule has 0 radical (unpaired) electrons. The van der Waals surface area contributed by atoms with Crippen molar-refractivity contribution in [3.63, 3.8) is 0 Å². The van der Waals surface area contributed by atoms with Crippen LogP contribution < -0.4 is 4.90 Å². The number of nitrogens with zero attached hydrogens (tertiary/aromatic N) is 5. The second-order valence-corrected chi connectivity index (χ2v) is 8.26. The standard InChI is InChI=1S/C24H25N5S/c1-18-8-10-20(11-9-18)22-21(16-25)23(27-24(26-22)30-2)29-14-12-28(13-15-29)17-19-6-4-3-5-7-19/h3-11H,12-15,17H2,1-2H3. The van der Waals surface area contributed by atoms with Crippen molar-refractivity contribution < 1.29 is 0 Å². The van der Waals surface area contributed by atoms with E-state index >= 15 is 0 Å². The lowest BCUT2D eigenvalue weighted by atomic mass is 10.0. The minimum atomic E-state index is 0.563. The molecule has 1 aliphatic heterocycles. The van der Waals surface area contributed by atoms with Crippen LogP contribution in [0.15, 0.2) is 59.8 Å². The van der Waals surface area contributed by atoms with E-state index in [0.717, 1.165) is 49.8 Å². The Morgan fingerprint density at radius 3 is 2.30 bits per heavy atom. The van der Waals surface area contributed by atoms with Crippen molar-refractivity contribution in [2.24, 2.45) is 0 Å². The highest BCUT2D eigenvalue weighted by Crippen LogP contribution is 2.31. The van der Waals surface area contributed by atoms with Gasteiger partial charge < -0.3 is 4.90 Å². The lowest BCUT2D eigenvalue weighted by Gasteiger charge is -2.36. The van der Waals surface area contributed by atoms with Crippen molar-refractivity contribution in [2.75, 3.05) is 37.3 Å². The number of rotatable bonds is 5. The van der Waals surface area contributed by atoms with Crippen LogP contribution >= 0.6 is 11.8 Å². The maximum Gasteiger partial charge on any atom is 0.189 e. The van der Waals surface area contributed by atoms with Gasteiger partial charge in [-0.25, -0.2) is 9.97 Å². The highest BCUT2D eigenvalue weighted by atomic mass is 32.2. The van der Waals surface area contributed by atoms with Crippen molar-refractivity contribution in [3.8, 4) is 17.3 Å². The van der Waals surface area contributed by atoms with Crippen LogP contribution in [0.2, 0.25) is 0 Å². The first-order valence-electron chi connectivity index (χ1n) is 10.1. The Kier molecular flexibility index (Phi) is 6.32. The smallest absolute Gasteiger partial charge is 0.189 e. The van der Waals surface area contributed by atoms with Crippen molar-refractivity contribution >= 4 is 17.6 Å². The predicted octanol–water partition coefficient (Wildman–Crippen LogP) is 4.37. The van der Waals surface area contributed by atoms with E-state index in [1.807, 2.05) is 18.4 Å². The Hall–Kier alpha value is -2.88. The van der Waals surface area contributed by atoms with Crippen molar-refractivity contribution in [1.82, 2.24) is 14.9 Å². The molecule has 1 saturated heterocycles. The van der Waals surface area contributed by atoms with Crippen LogP contribution in [-0.4, -0.2) is 47.3 Å². The molecule has 4 rings (SSSR count). The summed E-state index contributed by atoms with van der Waals surface area (Å²) in [5.41, 5.74) is 4.76. The lowest BCUT2D eigenvalue weighted by molar-refractivity contribution is 0.249. The number of benzene rings is 2. The summed E-state index contributed by atoms with van der Waals surface area (Å²) in [4.78, 5) is 14.1. The molecule has 2 heterocycles. The number of aromatic nitrogens is 2. The third kappa shape index (κ3) is 4.48. The summed E-state index contributed by atoms with van der Waals surface area (Å²) < 4.78 is 0. The van der Waals surface area contributed by atoms with Gasteiger partial charge >= 0.3 is 0 Å². The SMILES string of the molecule is CSc1nc(-c2ccc(C)cc2)c(C#N)c(N2CCN(Cc3ccccc3)CC2)n1. The van der Waals surface area contributed by atoms with Gasteiger partial charge in [0.2, 0.25) is 0 Å². The molecule has 0 atom stereocenters. The van der Waals surface area contributed by atoms with Gasteiger partial charge in [-0.05, 0) is 18.7 Å². The second kappa shape index (κ2) is 9.29. The fourth-order valence-corrected chi connectivity index (χ4v) is 4.09. The molecule has 30 heavy (non-hydrogen) atoms. The van der Waals surface area contributed by atoms with Gasteiger partial charge in [-0.1, -0.05) is 71.9 Å². The molecule has 0 bridgehead atoms. The minimum Gasteiger partial charge on any atom is -0.353 e. The highest BCUT2D eigenvalue weighted by molar-refractivity contribution is 7.98. The first-order chi connectivity index (χ1) is 14.7. The van der Waals surface area contributed by atoms with E-state index in [-0.39, 0.29) is 0 Å². The Labute approximate surface area is 182 Å². The number of thioether (sulfide) groups is 1. The predicted molar refractivity (Wildman–Crippen MR) is 123 cm³/mol. The van der Waals surface area contributed by atoms with E-state index in [9.17, 15) is 5.26 Å². The first kappa shape index (κ1) is 20.4. The Bertz CT molecular complexity index is 1040. The summed E-state index contributed by atoms with van der Waals surface area (Å²) in [7, 11) is 0. The van der Waals surface area contributed by atoms with Gasteiger partial charge in [0.15, 0.2) is 11.0 Å². The molecule has 0 N–H and O–H groups in total. The molecule has 5 nitrogen and oxygen atoms in total. The quantitative estimate of drug-likeness (QED) is 0.456. The van der Waals surface area contributed by atoms with Gasteiger partial charge in [0, 0.05) is 38.3 Å². The largest absolute Gasteiger partial charge is 0.353 e. The normalized spacial score (nSPS) is 14.5. The summed E-state index contributed by atoms with van der Waals surface area (Å²) in [5.74, 6) is 0.756. The molecule has 1 aromatic heterocycles. The Balaban J connectivity index is 1.59. The van der Waals surface area contributed by atoms with E-state index < -0.39 is 0 Å². The van der Waals surface area contributed by atoms with Gasteiger partial charge in [0.1, 0.15) is 11.6 Å². The fourth-order valence-electron chi connectivity index (χ4n) is 3.73. The number of aryl methyl sites for hydroxylation is 1. The number of anilines is 1. The molecule has 3 aromatic rings. The van der Waals surface area contributed by atoms with Gasteiger partial charge in [0.25, 0.3) is 0 Å². The second-order valence-electron chi connectivity index (χ2n) is 7.48. The first-order valence-corrected chi connectivity index (χ1v) is 11.3. The van der Waals surface area contributed by atoms with Gasteiger partial charge in [-0.2, -0.15) is 5.26 Å². The fraction of sp³-hybridized carbons (Fsp3) is 0.292. The van der Waals surface area contributed by atoms with Crippen LogP contribution in [0.5, 0.6) is 0 Å². The number of nitriles is 1. The molecular formula is C24H25N5S. The van der Waals surface area contributed by atoms with Crippen LogP contribution in [0.3, 0.4) is 0 Å². The highest BCUT2D eigenvalue weighted by Gasteiger charge is 2.24. The van der Waals surface area contributed by atoms with E-state index in [1.165, 1.54) is 22.9 Å². The van der Waals surface area contributed by atoms with E-state index in [2.05, 4.69) is 70.2 Å². The van der Waals surface area contributed by atoms with Crippen molar-refractivity contribution in [1.29, 1.82) is 5.26 Å². The number of hydrogen-bond acceptors (Lipinski definition) is 6. The molecule has 0 amide bonds. The Morgan fingerprint density at radius 2 is 1.67 bits per heavy atom. The summed E-state index contributed by atoms with van der Waals surface area (Å²) in [5, 5.41) is 10.7. The van der Waals surface area contributed by atoms with Crippen LogP contribution in [0.4, 0.5) is 5.82 Å². The summed E-state index contributed by atoms with van der Waals surface area (Å²) in [6.07, 6.45) is 1.97. The maximum absolute atomic E-state index is 9.98. The van der Waals surface area contributed by atoms with E-state index in [1.54, 1.807) is 0 Å². The molecule has 0 aliphatic carbocycles. The molecule has 0 spiro atoms. The zero-order chi connectivity index (χ0) is 20.9. The molecule has 0 saturated carbocycles. The van der Waals surface area contributed by atoms with Gasteiger partial charge in [0.05, 0.1) is 5.69 Å². The van der Waals surface area contributed by atoms with Gasteiger partial charge in [-0.3, -0.25) is 4.90 Å². The van der Waals surface area contributed by atoms with Crippen LogP contribution in [0.25, 0.3) is 11.3 Å². The topological polar surface area (TPSA) is 56.1 Å². The minimum absolute atomic E-state index is 0.563. The number of piperazine rings is 1. The van der Waals surface area contributed by atoms with Crippen LogP contribution in [0.1, 0.15) is 16.7 Å². The monoisotopic (exact) mass is 415 g/mol.